The van der Waals surface area contributed by atoms with Crippen molar-refractivity contribution in [2.75, 3.05) is 32.7 Å². The number of halogens is 2. The van der Waals surface area contributed by atoms with Crippen molar-refractivity contribution in [1.29, 1.82) is 0 Å². The third kappa shape index (κ3) is 3.50. The first-order chi connectivity index (χ1) is 8.16. The second kappa shape index (κ2) is 5.94. The molecule has 0 aliphatic carbocycles. The molecule has 1 aromatic carbocycles. The molecule has 1 fully saturated rings. The largest absolute Gasteiger partial charge is 0.314 e. The minimum Gasteiger partial charge on any atom is -0.314 e. The van der Waals surface area contributed by atoms with Gasteiger partial charge < -0.3 is 10.2 Å². The van der Waals surface area contributed by atoms with E-state index in [0.29, 0.717) is 4.47 Å². The Morgan fingerprint density at radius 2 is 2.06 bits per heavy atom. The fourth-order valence-corrected chi connectivity index (χ4v) is 2.81. The Labute approximate surface area is 110 Å². The number of rotatable bonds is 3. The van der Waals surface area contributed by atoms with E-state index in [1.54, 1.807) is 0 Å². The van der Waals surface area contributed by atoms with E-state index in [0.717, 1.165) is 50.3 Å². The molecule has 1 saturated heterocycles. The number of benzene rings is 1. The van der Waals surface area contributed by atoms with Crippen LogP contribution in [-0.2, 0) is 6.42 Å². The smallest absolute Gasteiger partial charge is 0.140 e. The molecule has 1 aliphatic rings. The van der Waals surface area contributed by atoms with Gasteiger partial charge in [0.2, 0.25) is 0 Å². The van der Waals surface area contributed by atoms with E-state index in [4.69, 9.17) is 0 Å². The Morgan fingerprint density at radius 1 is 1.35 bits per heavy atom. The van der Waals surface area contributed by atoms with Crippen LogP contribution in [0.3, 0.4) is 0 Å². The third-order valence-corrected chi connectivity index (χ3v) is 3.73. The summed E-state index contributed by atoms with van der Waals surface area (Å²) in [6.45, 7) is 7.15. The molecule has 0 spiro atoms. The lowest BCUT2D eigenvalue weighted by molar-refractivity contribution is 0.243. The van der Waals surface area contributed by atoms with Gasteiger partial charge in [-0.15, -0.1) is 0 Å². The second-order valence-corrected chi connectivity index (χ2v) is 5.42. The highest BCUT2D eigenvalue weighted by molar-refractivity contribution is 9.10. The predicted octanol–water partition coefficient (Wildman–Crippen LogP) is 2.34. The molecule has 0 amide bonds. The Balaban J connectivity index is 1.98. The number of piperazine rings is 1. The molecule has 1 N–H and O–H groups in total. The standard InChI is InChI=1S/C13H18BrFN2/c1-10-8-11(13(15)12(14)9-10)2-5-17-6-3-16-4-7-17/h8-9,16H,2-7H2,1H3. The Hall–Kier alpha value is -0.450. The summed E-state index contributed by atoms with van der Waals surface area (Å²) in [7, 11) is 0. The average Bonchev–Trinajstić information content (AvgIpc) is 2.33. The number of hydrogen-bond acceptors (Lipinski definition) is 2. The van der Waals surface area contributed by atoms with Crippen LogP contribution < -0.4 is 5.32 Å². The van der Waals surface area contributed by atoms with Gasteiger partial charge in [0.1, 0.15) is 5.82 Å². The van der Waals surface area contributed by atoms with Crippen molar-refractivity contribution < 1.29 is 4.39 Å². The monoisotopic (exact) mass is 300 g/mol. The fourth-order valence-electron chi connectivity index (χ4n) is 2.19. The van der Waals surface area contributed by atoms with Crippen LogP contribution in [0.15, 0.2) is 16.6 Å². The van der Waals surface area contributed by atoms with Crippen LogP contribution in [0.2, 0.25) is 0 Å². The molecule has 0 aromatic heterocycles. The van der Waals surface area contributed by atoms with E-state index in [1.807, 2.05) is 19.1 Å². The Kier molecular flexibility index (Phi) is 4.54. The Bertz CT molecular complexity index is 389. The minimum absolute atomic E-state index is 0.106. The molecule has 17 heavy (non-hydrogen) atoms. The molecule has 0 radical (unpaired) electrons. The summed E-state index contributed by atoms with van der Waals surface area (Å²) in [5.74, 6) is -0.106. The molecule has 0 unspecified atom stereocenters. The lowest BCUT2D eigenvalue weighted by Crippen LogP contribution is -2.44. The molecule has 1 heterocycles. The zero-order valence-corrected chi connectivity index (χ0v) is 11.7. The van der Waals surface area contributed by atoms with Gasteiger partial charge in [0.05, 0.1) is 4.47 Å². The molecule has 0 bridgehead atoms. The highest BCUT2D eigenvalue weighted by Crippen LogP contribution is 2.21. The van der Waals surface area contributed by atoms with Crippen molar-refractivity contribution in [3.63, 3.8) is 0 Å². The molecule has 0 saturated carbocycles. The van der Waals surface area contributed by atoms with E-state index < -0.39 is 0 Å². The van der Waals surface area contributed by atoms with Crippen LogP contribution in [0.4, 0.5) is 4.39 Å². The van der Waals surface area contributed by atoms with Crippen LogP contribution in [0.25, 0.3) is 0 Å². The van der Waals surface area contributed by atoms with Gasteiger partial charge in [-0.3, -0.25) is 0 Å². The highest BCUT2D eigenvalue weighted by atomic mass is 79.9. The maximum atomic E-state index is 13.9. The van der Waals surface area contributed by atoms with Crippen LogP contribution in [-0.4, -0.2) is 37.6 Å². The molecular weight excluding hydrogens is 283 g/mol. The summed E-state index contributed by atoms with van der Waals surface area (Å²) in [6, 6.07) is 3.77. The molecule has 1 aromatic rings. The average molecular weight is 301 g/mol. The molecule has 0 atom stereocenters. The first-order valence-corrected chi connectivity index (χ1v) is 6.84. The zero-order chi connectivity index (χ0) is 12.3. The van der Waals surface area contributed by atoms with Crippen molar-refractivity contribution in [2.45, 2.75) is 13.3 Å². The third-order valence-electron chi connectivity index (χ3n) is 3.15. The molecular formula is C13H18BrFN2. The van der Waals surface area contributed by atoms with Gasteiger partial charge in [0.15, 0.2) is 0 Å². The quantitative estimate of drug-likeness (QED) is 0.922. The summed E-state index contributed by atoms with van der Waals surface area (Å²) in [5.41, 5.74) is 1.92. The van der Waals surface area contributed by atoms with Crippen molar-refractivity contribution >= 4 is 15.9 Å². The zero-order valence-electron chi connectivity index (χ0n) is 10.1. The van der Waals surface area contributed by atoms with Gasteiger partial charge in [-0.25, -0.2) is 4.39 Å². The van der Waals surface area contributed by atoms with Crippen LogP contribution in [0.1, 0.15) is 11.1 Å². The van der Waals surface area contributed by atoms with Crippen LogP contribution in [0, 0.1) is 12.7 Å². The van der Waals surface area contributed by atoms with Crippen molar-refractivity contribution in [2.24, 2.45) is 0 Å². The summed E-state index contributed by atoms with van der Waals surface area (Å²) in [4.78, 5) is 2.38. The normalized spacial score (nSPS) is 17.4. The van der Waals surface area contributed by atoms with Gasteiger partial charge >= 0.3 is 0 Å². The SMILES string of the molecule is Cc1cc(Br)c(F)c(CCN2CCNCC2)c1. The lowest BCUT2D eigenvalue weighted by Gasteiger charge is -2.27. The summed E-state index contributed by atoms with van der Waals surface area (Å²) < 4.78 is 14.4. The minimum atomic E-state index is -0.106. The Morgan fingerprint density at radius 3 is 2.76 bits per heavy atom. The number of nitrogens with zero attached hydrogens (tertiary/aromatic N) is 1. The topological polar surface area (TPSA) is 15.3 Å². The fraction of sp³-hybridized carbons (Fsp3) is 0.538. The first-order valence-electron chi connectivity index (χ1n) is 6.04. The molecule has 2 nitrogen and oxygen atoms in total. The molecule has 94 valence electrons. The van der Waals surface area contributed by atoms with E-state index in [2.05, 4.69) is 26.1 Å². The van der Waals surface area contributed by atoms with Gasteiger partial charge in [-0.2, -0.15) is 0 Å². The summed E-state index contributed by atoms with van der Waals surface area (Å²) in [5, 5.41) is 3.32. The highest BCUT2D eigenvalue weighted by Gasteiger charge is 2.12. The van der Waals surface area contributed by atoms with E-state index >= 15 is 0 Å². The van der Waals surface area contributed by atoms with Gasteiger partial charge in [0, 0.05) is 32.7 Å². The second-order valence-electron chi connectivity index (χ2n) is 4.56. The van der Waals surface area contributed by atoms with Crippen molar-refractivity contribution in [3.05, 3.63) is 33.5 Å². The van der Waals surface area contributed by atoms with Gasteiger partial charge in [-0.05, 0) is 46.5 Å². The number of nitrogens with one attached hydrogen (secondary N) is 1. The van der Waals surface area contributed by atoms with Crippen molar-refractivity contribution in [3.8, 4) is 0 Å². The van der Waals surface area contributed by atoms with E-state index in [1.165, 1.54) is 0 Å². The van der Waals surface area contributed by atoms with Gasteiger partial charge in [0.25, 0.3) is 0 Å². The molecule has 1 aliphatic heterocycles. The van der Waals surface area contributed by atoms with Crippen LogP contribution >= 0.6 is 15.9 Å². The molecule has 4 heteroatoms. The maximum Gasteiger partial charge on any atom is 0.140 e. The number of hydrogen-bond donors (Lipinski definition) is 1. The first kappa shape index (κ1) is 13.0. The van der Waals surface area contributed by atoms with Crippen LogP contribution in [0.5, 0.6) is 0 Å². The number of aryl methyl sites for hydroxylation is 1. The van der Waals surface area contributed by atoms with E-state index in [-0.39, 0.29) is 5.82 Å². The molecule has 2 rings (SSSR count). The summed E-state index contributed by atoms with van der Waals surface area (Å²) >= 11 is 3.26. The van der Waals surface area contributed by atoms with Crippen molar-refractivity contribution in [1.82, 2.24) is 10.2 Å². The lowest BCUT2D eigenvalue weighted by atomic mass is 10.1. The maximum absolute atomic E-state index is 13.9. The van der Waals surface area contributed by atoms with Gasteiger partial charge in [-0.1, -0.05) is 6.07 Å². The van der Waals surface area contributed by atoms with E-state index in [9.17, 15) is 4.39 Å². The summed E-state index contributed by atoms with van der Waals surface area (Å²) in [6.07, 6.45) is 0.784. The predicted molar refractivity (Wildman–Crippen MR) is 71.9 cm³/mol.